The van der Waals surface area contributed by atoms with E-state index in [4.69, 9.17) is 33.2 Å². The average molecular weight is 459 g/mol. The fourth-order valence-electron chi connectivity index (χ4n) is 3.78. The Balaban J connectivity index is 1.57. The maximum absolute atomic E-state index is 6.40. The molecule has 0 bridgehead atoms. The molecule has 0 amide bonds. The van der Waals surface area contributed by atoms with Gasteiger partial charge in [-0.05, 0) is 72.3 Å². The van der Waals surface area contributed by atoms with Gasteiger partial charge in [-0.15, -0.1) is 0 Å². The van der Waals surface area contributed by atoms with Gasteiger partial charge >= 0.3 is 0 Å². The van der Waals surface area contributed by atoms with E-state index in [-0.39, 0.29) is 24.1 Å². The molecule has 0 aromatic carbocycles. The molecular formula is C25H46O7. The molecular weight excluding hydrogens is 412 g/mol. The quantitative estimate of drug-likeness (QED) is 0.257. The van der Waals surface area contributed by atoms with Gasteiger partial charge in [0.05, 0.1) is 43.9 Å². The Kier molecular flexibility index (Phi) is 12.5. The third-order valence-corrected chi connectivity index (χ3v) is 5.86. The standard InChI is InChI=1S/C25H46O7/c1-21(12-15-26-16-18-30-22-10-6-8-13-28-22)25(4,5)32-24(2,3)20-27-17-19-31-23-11-7-9-14-29-23/h12,15,21-23H,6-11,13-14,16-20H2,1-5H3. The molecule has 0 aliphatic carbocycles. The van der Waals surface area contributed by atoms with Crippen LogP contribution >= 0.6 is 0 Å². The topological polar surface area (TPSA) is 64.6 Å². The van der Waals surface area contributed by atoms with Crippen LogP contribution in [0, 0.1) is 5.92 Å². The van der Waals surface area contributed by atoms with Gasteiger partial charge in [-0.3, -0.25) is 0 Å². The summed E-state index contributed by atoms with van der Waals surface area (Å²) in [4.78, 5) is 0. The fraction of sp³-hybridized carbons (Fsp3) is 0.920. The smallest absolute Gasteiger partial charge is 0.157 e. The zero-order valence-corrected chi connectivity index (χ0v) is 20.9. The van der Waals surface area contributed by atoms with Gasteiger partial charge in [-0.2, -0.15) is 0 Å². The summed E-state index contributed by atoms with van der Waals surface area (Å²) in [6, 6.07) is 0. The lowest BCUT2D eigenvalue weighted by Crippen LogP contribution is -2.43. The molecule has 0 aromatic heterocycles. The first-order chi connectivity index (χ1) is 15.3. The van der Waals surface area contributed by atoms with Crippen LogP contribution in [-0.4, -0.2) is 70.0 Å². The molecule has 0 spiro atoms. The van der Waals surface area contributed by atoms with Crippen molar-refractivity contribution in [2.24, 2.45) is 5.92 Å². The molecule has 3 unspecified atom stereocenters. The maximum atomic E-state index is 6.40. The summed E-state index contributed by atoms with van der Waals surface area (Å²) in [7, 11) is 0. The van der Waals surface area contributed by atoms with Crippen molar-refractivity contribution < 1.29 is 33.2 Å². The van der Waals surface area contributed by atoms with Crippen molar-refractivity contribution in [2.45, 2.75) is 96.9 Å². The molecule has 2 heterocycles. The average Bonchev–Trinajstić information content (AvgIpc) is 2.76. The van der Waals surface area contributed by atoms with Crippen molar-refractivity contribution >= 4 is 0 Å². The number of hydrogen-bond acceptors (Lipinski definition) is 7. The van der Waals surface area contributed by atoms with Crippen LogP contribution in [0.3, 0.4) is 0 Å². The lowest BCUT2D eigenvalue weighted by atomic mass is 9.91. The number of rotatable bonds is 15. The van der Waals surface area contributed by atoms with Crippen molar-refractivity contribution in [1.29, 1.82) is 0 Å². The van der Waals surface area contributed by atoms with E-state index in [0.29, 0.717) is 33.0 Å². The van der Waals surface area contributed by atoms with Crippen LogP contribution < -0.4 is 0 Å². The van der Waals surface area contributed by atoms with Crippen LogP contribution in [0.25, 0.3) is 0 Å². The van der Waals surface area contributed by atoms with Crippen molar-refractivity contribution in [3.8, 4) is 0 Å². The highest BCUT2D eigenvalue weighted by Gasteiger charge is 2.33. The molecule has 2 rings (SSSR count). The Hall–Kier alpha value is -0.700. The van der Waals surface area contributed by atoms with Gasteiger partial charge in [-0.25, -0.2) is 0 Å². The van der Waals surface area contributed by atoms with Crippen LogP contribution in [0.15, 0.2) is 12.3 Å². The van der Waals surface area contributed by atoms with E-state index in [1.54, 1.807) is 6.26 Å². The fourth-order valence-corrected chi connectivity index (χ4v) is 3.78. The lowest BCUT2D eigenvalue weighted by Gasteiger charge is -2.38. The Morgan fingerprint density at radius 3 is 2.00 bits per heavy atom. The molecule has 0 aromatic rings. The summed E-state index contributed by atoms with van der Waals surface area (Å²) in [6.45, 7) is 14.6. The van der Waals surface area contributed by atoms with Crippen LogP contribution in [0.1, 0.15) is 73.1 Å². The first kappa shape index (κ1) is 27.5. The van der Waals surface area contributed by atoms with Gasteiger partial charge in [-0.1, -0.05) is 6.92 Å². The van der Waals surface area contributed by atoms with Gasteiger partial charge in [0, 0.05) is 19.1 Å². The minimum Gasteiger partial charge on any atom is -0.499 e. The Bertz CT molecular complexity index is 508. The molecule has 0 saturated carbocycles. The molecule has 188 valence electrons. The minimum absolute atomic E-state index is 0.0702. The van der Waals surface area contributed by atoms with Gasteiger partial charge in [0.2, 0.25) is 0 Å². The lowest BCUT2D eigenvalue weighted by molar-refractivity contribution is -0.183. The molecule has 2 saturated heterocycles. The summed E-state index contributed by atoms with van der Waals surface area (Å²) in [6.07, 6.45) is 10.2. The largest absolute Gasteiger partial charge is 0.499 e. The minimum atomic E-state index is -0.415. The highest BCUT2D eigenvalue weighted by atomic mass is 16.7. The van der Waals surface area contributed by atoms with Gasteiger partial charge in [0.15, 0.2) is 12.6 Å². The third kappa shape index (κ3) is 11.4. The molecule has 0 N–H and O–H groups in total. The van der Waals surface area contributed by atoms with Crippen LogP contribution in [0.5, 0.6) is 0 Å². The predicted octanol–water partition coefficient (Wildman–Crippen LogP) is 4.83. The van der Waals surface area contributed by atoms with Crippen LogP contribution in [0.4, 0.5) is 0 Å². The van der Waals surface area contributed by atoms with E-state index in [9.17, 15) is 0 Å². The molecule has 3 atom stereocenters. The van der Waals surface area contributed by atoms with Gasteiger partial charge in [0.1, 0.15) is 6.61 Å². The van der Waals surface area contributed by atoms with Crippen LogP contribution in [-0.2, 0) is 33.2 Å². The van der Waals surface area contributed by atoms with Gasteiger partial charge < -0.3 is 33.2 Å². The molecule has 2 aliphatic heterocycles. The number of hydrogen-bond donors (Lipinski definition) is 0. The van der Waals surface area contributed by atoms with E-state index >= 15 is 0 Å². The number of ether oxygens (including phenoxy) is 7. The third-order valence-electron chi connectivity index (χ3n) is 5.86. The highest BCUT2D eigenvalue weighted by Crippen LogP contribution is 2.28. The second-order valence-electron chi connectivity index (χ2n) is 9.84. The van der Waals surface area contributed by atoms with Crippen molar-refractivity contribution in [2.75, 3.05) is 46.2 Å². The van der Waals surface area contributed by atoms with E-state index in [1.165, 1.54) is 12.8 Å². The molecule has 7 nitrogen and oxygen atoms in total. The van der Waals surface area contributed by atoms with E-state index in [0.717, 1.165) is 38.9 Å². The van der Waals surface area contributed by atoms with Crippen LogP contribution in [0.2, 0.25) is 0 Å². The Morgan fingerprint density at radius 2 is 1.44 bits per heavy atom. The second kappa shape index (κ2) is 14.5. The summed E-state index contributed by atoms with van der Waals surface area (Å²) >= 11 is 0. The molecule has 2 aliphatic rings. The molecule has 32 heavy (non-hydrogen) atoms. The summed E-state index contributed by atoms with van der Waals surface area (Å²) in [5.41, 5.74) is -0.784. The first-order valence-corrected chi connectivity index (χ1v) is 12.3. The second-order valence-corrected chi connectivity index (χ2v) is 9.84. The maximum Gasteiger partial charge on any atom is 0.157 e. The predicted molar refractivity (Wildman–Crippen MR) is 123 cm³/mol. The zero-order valence-electron chi connectivity index (χ0n) is 20.9. The molecule has 7 heteroatoms. The van der Waals surface area contributed by atoms with Gasteiger partial charge in [0.25, 0.3) is 0 Å². The summed E-state index contributed by atoms with van der Waals surface area (Å²) in [5, 5.41) is 0. The van der Waals surface area contributed by atoms with E-state index < -0.39 is 5.60 Å². The first-order valence-electron chi connectivity index (χ1n) is 12.3. The Labute approximate surface area is 195 Å². The SMILES string of the molecule is CC(C=COCCOC1CCCCO1)C(C)(C)OC(C)(C)COCCOC1CCCCO1. The highest BCUT2D eigenvalue weighted by molar-refractivity contribution is 4.93. The summed E-state index contributed by atoms with van der Waals surface area (Å²) < 4.78 is 40.3. The van der Waals surface area contributed by atoms with E-state index in [1.807, 2.05) is 6.08 Å². The monoisotopic (exact) mass is 458 g/mol. The van der Waals surface area contributed by atoms with E-state index in [2.05, 4.69) is 34.6 Å². The zero-order chi connectivity index (χ0) is 23.3. The van der Waals surface area contributed by atoms with Crippen molar-refractivity contribution in [1.82, 2.24) is 0 Å². The summed E-state index contributed by atoms with van der Waals surface area (Å²) in [5.74, 6) is 0.163. The normalized spacial score (nSPS) is 24.0. The Morgan fingerprint density at radius 1 is 0.844 bits per heavy atom. The van der Waals surface area contributed by atoms with Crippen molar-refractivity contribution in [3.05, 3.63) is 12.3 Å². The molecule has 0 radical (unpaired) electrons. The molecule has 2 fully saturated rings. The van der Waals surface area contributed by atoms with Crippen molar-refractivity contribution in [3.63, 3.8) is 0 Å².